The predicted octanol–water partition coefficient (Wildman–Crippen LogP) is 2.95. The van der Waals surface area contributed by atoms with Crippen LogP contribution in [0.4, 0.5) is 0 Å². The van der Waals surface area contributed by atoms with Crippen LogP contribution in [0.2, 0.25) is 0 Å². The SMILES string of the molecule is C#CCCc1nn(C(=O)CCC)c(=O)n1Cc1ccc(-c2cccc(-c3nn[nH]n3)c2)cc1. The second kappa shape index (κ2) is 9.87. The number of aromatic amines is 1. The van der Waals surface area contributed by atoms with Crippen molar-refractivity contribution in [3.8, 4) is 34.9 Å². The second-order valence-electron chi connectivity index (χ2n) is 7.56. The van der Waals surface area contributed by atoms with Crippen molar-refractivity contribution in [2.75, 3.05) is 0 Å². The quantitative estimate of drug-likeness (QED) is 0.421. The van der Waals surface area contributed by atoms with Crippen molar-refractivity contribution < 1.29 is 4.79 Å². The van der Waals surface area contributed by atoms with Crippen LogP contribution in [0.3, 0.4) is 0 Å². The van der Waals surface area contributed by atoms with E-state index in [9.17, 15) is 9.59 Å². The molecule has 4 rings (SSSR count). The molecule has 0 fully saturated rings. The van der Waals surface area contributed by atoms with Crippen molar-refractivity contribution in [1.82, 2.24) is 35.0 Å². The highest BCUT2D eigenvalue weighted by molar-refractivity contribution is 5.77. The lowest BCUT2D eigenvalue weighted by Gasteiger charge is -2.07. The first-order valence-electron chi connectivity index (χ1n) is 10.7. The van der Waals surface area contributed by atoms with Crippen LogP contribution in [0.5, 0.6) is 0 Å². The van der Waals surface area contributed by atoms with Crippen LogP contribution >= 0.6 is 0 Å². The Labute approximate surface area is 190 Å². The summed E-state index contributed by atoms with van der Waals surface area (Å²) in [6, 6.07) is 15.7. The summed E-state index contributed by atoms with van der Waals surface area (Å²) < 4.78 is 2.49. The molecule has 0 aliphatic rings. The maximum Gasteiger partial charge on any atom is 0.353 e. The molecular weight excluding hydrogens is 418 g/mol. The molecule has 166 valence electrons. The summed E-state index contributed by atoms with van der Waals surface area (Å²) >= 11 is 0. The summed E-state index contributed by atoms with van der Waals surface area (Å²) in [5.74, 6) is 3.30. The molecule has 0 bridgehead atoms. The number of rotatable bonds is 8. The number of aromatic nitrogens is 7. The third-order valence-electron chi connectivity index (χ3n) is 5.23. The van der Waals surface area contributed by atoms with Gasteiger partial charge in [0, 0.05) is 24.8 Å². The second-order valence-corrected chi connectivity index (χ2v) is 7.56. The van der Waals surface area contributed by atoms with E-state index < -0.39 is 5.69 Å². The van der Waals surface area contributed by atoms with Crippen LogP contribution < -0.4 is 5.69 Å². The fourth-order valence-electron chi connectivity index (χ4n) is 3.55. The molecule has 1 N–H and O–H groups in total. The number of hydrogen-bond donors (Lipinski definition) is 1. The molecule has 2 aromatic carbocycles. The van der Waals surface area contributed by atoms with Gasteiger partial charge in [0.2, 0.25) is 5.82 Å². The maximum atomic E-state index is 12.9. The minimum Gasteiger partial charge on any atom is -0.274 e. The number of carbonyl (C=O) groups is 1. The van der Waals surface area contributed by atoms with E-state index in [4.69, 9.17) is 6.42 Å². The van der Waals surface area contributed by atoms with Crippen LogP contribution in [0.1, 0.15) is 42.4 Å². The lowest BCUT2D eigenvalue weighted by atomic mass is 10.0. The molecule has 0 amide bonds. The van der Waals surface area contributed by atoms with E-state index >= 15 is 0 Å². The van der Waals surface area contributed by atoms with Gasteiger partial charge in [-0.1, -0.05) is 49.4 Å². The highest BCUT2D eigenvalue weighted by Crippen LogP contribution is 2.24. The van der Waals surface area contributed by atoms with E-state index in [0.29, 0.717) is 37.5 Å². The van der Waals surface area contributed by atoms with E-state index in [1.54, 1.807) is 0 Å². The Morgan fingerprint density at radius 1 is 1.12 bits per heavy atom. The molecule has 9 nitrogen and oxygen atoms in total. The maximum absolute atomic E-state index is 12.9. The lowest BCUT2D eigenvalue weighted by Crippen LogP contribution is -2.30. The van der Waals surface area contributed by atoms with Crippen molar-refractivity contribution in [2.45, 2.75) is 39.2 Å². The molecule has 0 saturated carbocycles. The molecule has 4 aromatic rings. The van der Waals surface area contributed by atoms with E-state index in [0.717, 1.165) is 26.9 Å². The summed E-state index contributed by atoms with van der Waals surface area (Å²) in [7, 11) is 0. The fraction of sp³-hybridized carbons (Fsp3) is 0.250. The minimum absolute atomic E-state index is 0.267. The molecule has 0 radical (unpaired) electrons. The van der Waals surface area contributed by atoms with Gasteiger partial charge in [0.25, 0.3) is 5.91 Å². The number of nitrogens with one attached hydrogen (secondary N) is 1. The highest BCUT2D eigenvalue weighted by Gasteiger charge is 2.17. The molecule has 0 unspecified atom stereocenters. The highest BCUT2D eigenvalue weighted by atomic mass is 16.2. The molecule has 0 saturated heterocycles. The summed E-state index contributed by atoms with van der Waals surface area (Å²) in [5, 5.41) is 18.4. The summed E-state index contributed by atoms with van der Waals surface area (Å²) in [4.78, 5) is 25.2. The Balaban J connectivity index is 1.59. The Hall–Kier alpha value is -4.32. The molecule has 33 heavy (non-hydrogen) atoms. The van der Waals surface area contributed by atoms with E-state index in [1.807, 2.05) is 55.5 Å². The van der Waals surface area contributed by atoms with Crippen molar-refractivity contribution in [1.29, 1.82) is 0 Å². The molecule has 9 heteroatoms. The first-order valence-corrected chi connectivity index (χ1v) is 10.7. The first-order chi connectivity index (χ1) is 16.1. The normalized spacial score (nSPS) is 10.8. The molecule has 0 aliphatic carbocycles. The molecule has 2 aromatic heterocycles. The minimum atomic E-state index is -0.433. The summed E-state index contributed by atoms with van der Waals surface area (Å²) in [6.07, 6.45) is 7.17. The van der Waals surface area contributed by atoms with Gasteiger partial charge in [-0.15, -0.1) is 32.3 Å². The van der Waals surface area contributed by atoms with Crippen LogP contribution in [0.15, 0.2) is 53.3 Å². The Bertz CT molecular complexity index is 1340. The third-order valence-corrected chi connectivity index (χ3v) is 5.23. The van der Waals surface area contributed by atoms with Gasteiger partial charge in [-0.3, -0.25) is 9.36 Å². The van der Waals surface area contributed by atoms with Gasteiger partial charge in [0.1, 0.15) is 5.82 Å². The topological polar surface area (TPSA) is 111 Å². The largest absolute Gasteiger partial charge is 0.353 e. The number of terminal acetylenes is 1. The molecule has 0 atom stereocenters. The molecule has 2 heterocycles. The number of hydrogen-bond acceptors (Lipinski definition) is 6. The van der Waals surface area contributed by atoms with Crippen molar-refractivity contribution in [3.63, 3.8) is 0 Å². The lowest BCUT2D eigenvalue weighted by molar-refractivity contribution is 0.0880. The Morgan fingerprint density at radius 2 is 1.91 bits per heavy atom. The smallest absolute Gasteiger partial charge is 0.274 e. The third kappa shape index (κ3) is 4.80. The van der Waals surface area contributed by atoms with Crippen LogP contribution in [0.25, 0.3) is 22.5 Å². The first kappa shape index (κ1) is 21.9. The van der Waals surface area contributed by atoms with Crippen LogP contribution in [-0.4, -0.2) is 40.9 Å². The fourth-order valence-corrected chi connectivity index (χ4v) is 3.55. The van der Waals surface area contributed by atoms with Gasteiger partial charge >= 0.3 is 5.69 Å². The van der Waals surface area contributed by atoms with Gasteiger partial charge in [0.05, 0.1) is 6.54 Å². The van der Waals surface area contributed by atoms with E-state index in [1.165, 1.54) is 4.57 Å². The molecule has 0 aliphatic heterocycles. The van der Waals surface area contributed by atoms with E-state index in [2.05, 4.69) is 31.6 Å². The zero-order valence-corrected chi connectivity index (χ0v) is 18.2. The van der Waals surface area contributed by atoms with Crippen molar-refractivity contribution >= 4 is 5.91 Å². The monoisotopic (exact) mass is 441 g/mol. The van der Waals surface area contributed by atoms with Gasteiger partial charge < -0.3 is 0 Å². The van der Waals surface area contributed by atoms with Gasteiger partial charge in [0.15, 0.2) is 0 Å². The number of aryl methyl sites for hydroxylation is 1. The van der Waals surface area contributed by atoms with Crippen LogP contribution in [0, 0.1) is 12.3 Å². The Kier molecular flexibility index (Phi) is 6.55. The van der Waals surface area contributed by atoms with Crippen LogP contribution in [-0.2, 0) is 13.0 Å². The Morgan fingerprint density at radius 3 is 2.61 bits per heavy atom. The number of H-pyrrole nitrogens is 1. The average Bonchev–Trinajstić information content (AvgIpc) is 3.48. The van der Waals surface area contributed by atoms with Gasteiger partial charge in [-0.05, 0) is 34.4 Å². The molecule has 0 spiro atoms. The van der Waals surface area contributed by atoms with E-state index in [-0.39, 0.29) is 12.3 Å². The number of nitrogens with zero attached hydrogens (tertiary/aromatic N) is 6. The van der Waals surface area contributed by atoms with Gasteiger partial charge in [-0.2, -0.15) is 5.21 Å². The zero-order chi connectivity index (χ0) is 23.2. The van der Waals surface area contributed by atoms with Gasteiger partial charge in [-0.25, -0.2) is 4.79 Å². The number of benzene rings is 2. The number of carbonyl (C=O) groups excluding carboxylic acids is 1. The number of tetrazole rings is 1. The summed E-state index contributed by atoms with van der Waals surface area (Å²) in [5.41, 5.74) is 3.36. The predicted molar refractivity (Wildman–Crippen MR) is 123 cm³/mol. The summed E-state index contributed by atoms with van der Waals surface area (Å²) in [6.45, 7) is 2.19. The standard InChI is InChI=1S/C24H23N7O2/c1-3-5-10-21-27-31(22(32)7-4-2)24(33)30(21)16-17-11-13-18(14-12-17)19-8-6-9-20(15-19)23-25-28-29-26-23/h1,6,8-9,11-15H,4-5,7,10,16H2,2H3,(H,25,26,28,29). The zero-order valence-electron chi connectivity index (χ0n) is 18.2. The van der Waals surface area contributed by atoms with Crippen molar-refractivity contribution in [3.05, 3.63) is 70.4 Å². The average molecular weight is 441 g/mol. The van der Waals surface area contributed by atoms with Crippen molar-refractivity contribution in [2.24, 2.45) is 0 Å². The molecular formula is C24H23N7O2.